The van der Waals surface area contributed by atoms with E-state index in [9.17, 15) is 0 Å². The van der Waals surface area contributed by atoms with E-state index in [-0.39, 0.29) is 0 Å². The fourth-order valence-electron chi connectivity index (χ4n) is 0.154. The van der Waals surface area contributed by atoms with Crippen LogP contribution in [0, 0.1) is 0 Å². The highest BCUT2D eigenvalue weighted by atomic mass is 32.1. The molecule has 0 aliphatic rings. The van der Waals surface area contributed by atoms with Gasteiger partial charge in [0.1, 0.15) is 0 Å². The molecule has 0 rings (SSSR count). The summed E-state index contributed by atoms with van der Waals surface area (Å²) in [4.78, 5) is 0. The lowest BCUT2D eigenvalue weighted by Crippen LogP contribution is -1.92. The van der Waals surface area contributed by atoms with Crippen molar-refractivity contribution in [2.24, 2.45) is 5.73 Å². The summed E-state index contributed by atoms with van der Waals surface area (Å²) in [5, 5.41) is 4.31. The van der Waals surface area contributed by atoms with Crippen LogP contribution >= 0.6 is 12.6 Å². The SMILES string of the molecule is N/C=C\N/C=C\S. The lowest BCUT2D eigenvalue weighted by molar-refractivity contribution is 1.19. The molecular weight excluding hydrogens is 108 g/mol. The maximum atomic E-state index is 4.97. The Kier molecular flexibility index (Phi) is 4.99. The van der Waals surface area contributed by atoms with Crippen LogP contribution in [-0.4, -0.2) is 0 Å². The van der Waals surface area contributed by atoms with Gasteiger partial charge in [-0.3, -0.25) is 0 Å². The number of hydrogen-bond acceptors (Lipinski definition) is 3. The maximum Gasteiger partial charge on any atom is 0.0162 e. The maximum absolute atomic E-state index is 4.97. The van der Waals surface area contributed by atoms with Gasteiger partial charge >= 0.3 is 0 Å². The van der Waals surface area contributed by atoms with Gasteiger partial charge < -0.3 is 11.1 Å². The molecule has 3 N–H and O–H groups in total. The molecule has 0 heterocycles. The van der Waals surface area contributed by atoms with Crippen LogP contribution < -0.4 is 11.1 Å². The Balaban J connectivity index is 2.98. The van der Waals surface area contributed by atoms with Gasteiger partial charge in [-0.05, 0) is 5.41 Å². The van der Waals surface area contributed by atoms with Gasteiger partial charge in [-0.15, -0.1) is 12.6 Å². The molecule has 0 saturated heterocycles. The Labute approximate surface area is 48.5 Å². The predicted molar refractivity (Wildman–Crippen MR) is 34.6 cm³/mol. The molecule has 0 aromatic heterocycles. The summed E-state index contributed by atoms with van der Waals surface area (Å²) in [5.41, 5.74) is 4.97. The summed E-state index contributed by atoms with van der Waals surface area (Å²) in [6, 6.07) is 0. The Bertz CT molecular complexity index is 67.8. The molecule has 0 amide bonds. The van der Waals surface area contributed by atoms with E-state index < -0.39 is 0 Å². The first kappa shape index (κ1) is 6.43. The number of nitrogens with one attached hydrogen (secondary N) is 1. The molecule has 0 spiro atoms. The van der Waals surface area contributed by atoms with Gasteiger partial charge in [0, 0.05) is 18.6 Å². The largest absolute Gasteiger partial charge is 0.403 e. The second-order valence-electron chi connectivity index (χ2n) is 0.842. The molecule has 0 fully saturated rings. The van der Waals surface area contributed by atoms with Gasteiger partial charge in [-0.1, -0.05) is 0 Å². The molecule has 0 aromatic rings. The van der Waals surface area contributed by atoms with Gasteiger partial charge in [0.15, 0.2) is 0 Å². The van der Waals surface area contributed by atoms with Crippen LogP contribution in [-0.2, 0) is 0 Å². The zero-order valence-electron chi connectivity index (χ0n) is 3.83. The van der Waals surface area contributed by atoms with Gasteiger partial charge in [-0.2, -0.15) is 0 Å². The monoisotopic (exact) mass is 116 g/mol. The van der Waals surface area contributed by atoms with Gasteiger partial charge in [0.2, 0.25) is 0 Å². The first-order valence-electron chi connectivity index (χ1n) is 1.84. The molecule has 0 saturated carbocycles. The van der Waals surface area contributed by atoms with Crippen molar-refractivity contribution in [3.63, 3.8) is 0 Å². The van der Waals surface area contributed by atoms with Crippen LogP contribution in [0.2, 0.25) is 0 Å². The summed E-state index contributed by atoms with van der Waals surface area (Å²) < 4.78 is 0. The Morgan fingerprint density at radius 1 is 1.43 bits per heavy atom. The van der Waals surface area contributed by atoms with Crippen molar-refractivity contribution in [1.82, 2.24) is 5.32 Å². The average Bonchev–Trinajstić information content (AvgIpc) is 1.69. The van der Waals surface area contributed by atoms with Gasteiger partial charge in [0.25, 0.3) is 0 Å². The molecule has 0 aromatic carbocycles. The zero-order valence-corrected chi connectivity index (χ0v) is 4.73. The molecule has 0 aliphatic carbocycles. The smallest absolute Gasteiger partial charge is 0.0162 e. The van der Waals surface area contributed by atoms with Crippen LogP contribution in [0.3, 0.4) is 0 Å². The minimum Gasteiger partial charge on any atom is -0.403 e. The fraction of sp³-hybridized carbons (Fsp3) is 0. The normalized spacial score (nSPS) is 11.0. The average molecular weight is 116 g/mol. The second kappa shape index (κ2) is 5.43. The van der Waals surface area contributed by atoms with Gasteiger partial charge in [-0.25, -0.2) is 0 Å². The molecule has 3 heteroatoms. The van der Waals surface area contributed by atoms with Crippen molar-refractivity contribution < 1.29 is 0 Å². The molecule has 2 nitrogen and oxygen atoms in total. The predicted octanol–water partition coefficient (Wildman–Crippen LogP) is 0.407. The van der Waals surface area contributed by atoms with E-state index in [0.717, 1.165) is 0 Å². The van der Waals surface area contributed by atoms with Crippen molar-refractivity contribution >= 4 is 12.6 Å². The lowest BCUT2D eigenvalue weighted by atomic mass is 10.9. The van der Waals surface area contributed by atoms with E-state index >= 15 is 0 Å². The molecule has 0 atom stereocenters. The highest BCUT2D eigenvalue weighted by Crippen LogP contribution is 1.69. The molecule has 40 valence electrons. The van der Waals surface area contributed by atoms with Crippen LogP contribution in [0.5, 0.6) is 0 Å². The van der Waals surface area contributed by atoms with E-state index in [1.165, 1.54) is 6.20 Å². The molecule has 0 radical (unpaired) electrons. The third kappa shape index (κ3) is 5.43. The first-order chi connectivity index (χ1) is 3.41. The third-order valence-electron chi connectivity index (χ3n) is 0.363. The number of nitrogens with two attached hydrogens (primary N) is 1. The molecule has 0 aliphatic heterocycles. The van der Waals surface area contributed by atoms with Crippen molar-refractivity contribution in [2.45, 2.75) is 0 Å². The Morgan fingerprint density at radius 2 is 2.14 bits per heavy atom. The minimum absolute atomic E-state index is 1.41. The van der Waals surface area contributed by atoms with Gasteiger partial charge in [0.05, 0.1) is 0 Å². The zero-order chi connectivity index (χ0) is 5.54. The first-order valence-corrected chi connectivity index (χ1v) is 2.35. The summed E-state index contributed by atoms with van der Waals surface area (Å²) in [6.07, 6.45) is 4.67. The molecule has 0 unspecified atom stereocenters. The number of thiol groups is 1. The van der Waals surface area contributed by atoms with E-state index in [2.05, 4.69) is 17.9 Å². The van der Waals surface area contributed by atoms with Crippen molar-refractivity contribution in [3.05, 3.63) is 24.0 Å². The fourth-order valence-corrected chi connectivity index (χ4v) is 0.240. The van der Waals surface area contributed by atoms with Crippen LogP contribution in [0.25, 0.3) is 0 Å². The number of hydrogen-bond donors (Lipinski definition) is 3. The highest BCUT2D eigenvalue weighted by Gasteiger charge is 1.56. The van der Waals surface area contributed by atoms with Crippen LogP contribution in [0.15, 0.2) is 24.0 Å². The molecule has 0 bridgehead atoms. The minimum atomic E-state index is 1.41. The molecule has 7 heavy (non-hydrogen) atoms. The summed E-state index contributed by atoms with van der Waals surface area (Å²) >= 11 is 3.78. The summed E-state index contributed by atoms with van der Waals surface area (Å²) in [6.45, 7) is 0. The Hall–Kier alpha value is -0.570. The van der Waals surface area contributed by atoms with E-state index in [1.54, 1.807) is 17.8 Å². The van der Waals surface area contributed by atoms with Crippen molar-refractivity contribution in [2.75, 3.05) is 0 Å². The highest BCUT2D eigenvalue weighted by molar-refractivity contribution is 7.83. The van der Waals surface area contributed by atoms with E-state index in [4.69, 9.17) is 5.73 Å². The van der Waals surface area contributed by atoms with Crippen LogP contribution in [0.4, 0.5) is 0 Å². The van der Waals surface area contributed by atoms with E-state index in [0.29, 0.717) is 0 Å². The van der Waals surface area contributed by atoms with E-state index in [1.807, 2.05) is 0 Å². The standard InChI is InChI=1S/C4H8N2S/c5-1-2-6-3-4-7/h1-4,6-7H,5H2/b2-1-,4-3-. The number of rotatable bonds is 2. The quantitative estimate of drug-likeness (QED) is 0.457. The topological polar surface area (TPSA) is 38.0 Å². The molecular formula is C4H8N2S. The lowest BCUT2D eigenvalue weighted by Gasteiger charge is -1.81. The van der Waals surface area contributed by atoms with Crippen molar-refractivity contribution in [1.29, 1.82) is 0 Å². The van der Waals surface area contributed by atoms with Crippen molar-refractivity contribution in [3.8, 4) is 0 Å². The summed E-state index contributed by atoms with van der Waals surface area (Å²) in [5.74, 6) is 0. The summed E-state index contributed by atoms with van der Waals surface area (Å²) in [7, 11) is 0. The van der Waals surface area contributed by atoms with Crippen LogP contribution in [0.1, 0.15) is 0 Å². The Morgan fingerprint density at radius 3 is 2.57 bits per heavy atom. The third-order valence-corrected chi connectivity index (χ3v) is 0.512. The second-order valence-corrected chi connectivity index (χ2v) is 1.14.